The molecule has 1 aliphatic rings. The highest BCUT2D eigenvalue weighted by Gasteiger charge is 2.20. The van der Waals surface area contributed by atoms with Crippen LogP contribution in [0, 0.1) is 0 Å². The molecule has 1 saturated heterocycles. The van der Waals surface area contributed by atoms with Gasteiger partial charge in [-0.2, -0.15) is 0 Å². The number of aliphatic hydroxyl groups excluding tert-OH is 1. The van der Waals surface area contributed by atoms with Crippen molar-refractivity contribution in [1.29, 1.82) is 0 Å². The molecule has 6 heteroatoms. The first-order valence-electron chi connectivity index (χ1n) is 6.71. The number of primary amides is 1. The average Bonchev–Trinajstić information content (AvgIpc) is 2.40. The summed E-state index contributed by atoms with van der Waals surface area (Å²) in [6.07, 6.45) is -0.545. The summed E-state index contributed by atoms with van der Waals surface area (Å²) in [4.78, 5) is 15.1. The molecule has 1 aliphatic heterocycles. The zero-order chi connectivity index (χ0) is 14.5. The minimum Gasteiger partial charge on any atom is -0.387 e. The van der Waals surface area contributed by atoms with Gasteiger partial charge >= 0.3 is 0 Å². The molecule has 0 spiro atoms. The fraction of sp³-hybridized carbons (Fsp3) is 0.500. The molecule has 3 N–H and O–H groups in total. The Kier molecular flexibility index (Phi) is 5.37. The molecule has 5 nitrogen and oxygen atoms in total. The zero-order valence-corrected chi connectivity index (χ0v) is 12.1. The number of carbonyl (C=O) groups excluding carboxylic acids is 1. The molecule has 1 amide bonds. The maximum atomic E-state index is 10.9. The fourth-order valence-electron chi connectivity index (χ4n) is 2.41. The van der Waals surface area contributed by atoms with Gasteiger partial charge in [0.2, 0.25) is 5.91 Å². The van der Waals surface area contributed by atoms with Crippen LogP contribution in [-0.4, -0.2) is 60.1 Å². The molecule has 0 aromatic heterocycles. The van der Waals surface area contributed by atoms with Crippen LogP contribution in [0.5, 0.6) is 0 Å². The van der Waals surface area contributed by atoms with Crippen molar-refractivity contribution in [2.24, 2.45) is 5.73 Å². The molecule has 1 unspecified atom stereocenters. The second-order valence-corrected chi connectivity index (χ2v) is 5.55. The van der Waals surface area contributed by atoms with E-state index in [0.29, 0.717) is 18.1 Å². The third-order valence-electron chi connectivity index (χ3n) is 3.51. The van der Waals surface area contributed by atoms with Gasteiger partial charge in [0, 0.05) is 37.7 Å². The van der Waals surface area contributed by atoms with Crippen molar-refractivity contribution in [3.05, 3.63) is 34.9 Å². The number of benzene rings is 1. The highest BCUT2D eigenvalue weighted by atomic mass is 35.5. The van der Waals surface area contributed by atoms with Gasteiger partial charge in [-0.3, -0.25) is 14.6 Å². The van der Waals surface area contributed by atoms with Crippen molar-refractivity contribution < 1.29 is 9.90 Å². The summed E-state index contributed by atoms with van der Waals surface area (Å²) in [5.74, 6) is -0.294. The second-order valence-electron chi connectivity index (χ2n) is 5.11. The van der Waals surface area contributed by atoms with Gasteiger partial charge in [-0.25, -0.2) is 0 Å². The molecule has 2 rings (SSSR count). The van der Waals surface area contributed by atoms with E-state index in [2.05, 4.69) is 4.90 Å². The van der Waals surface area contributed by atoms with Crippen LogP contribution < -0.4 is 5.73 Å². The van der Waals surface area contributed by atoms with Crippen LogP contribution in [0.15, 0.2) is 24.3 Å². The molecule has 1 atom stereocenters. The van der Waals surface area contributed by atoms with E-state index >= 15 is 0 Å². The van der Waals surface area contributed by atoms with E-state index in [9.17, 15) is 9.90 Å². The summed E-state index contributed by atoms with van der Waals surface area (Å²) in [6, 6.07) is 7.29. The molecule has 1 aromatic carbocycles. The number of β-amino-alcohol motifs (C(OH)–C–C–N with tert-alkyl or cyclic N) is 1. The third kappa shape index (κ3) is 4.45. The highest BCUT2D eigenvalue weighted by molar-refractivity contribution is 6.30. The van der Waals surface area contributed by atoms with E-state index in [1.165, 1.54) is 0 Å². The molecule has 0 saturated carbocycles. The number of halogens is 1. The van der Waals surface area contributed by atoms with E-state index in [-0.39, 0.29) is 5.91 Å². The number of nitrogens with two attached hydrogens (primary N) is 1. The predicted molar refractivity (Wildman–Crippen MR) is 78.5 cm³/mol. The van der Waals surface area contributed by atoms with Crippen molar-refractivity contribution in [2.45, 2.75) is 6.10 Å². The van der Waals surface area contributed by atoms with E-state index in [0.717, 1.165) is 31.7 Å². The second kappa shape index (κ2) is 7.04. The van der Waals surface area contributed by atoms with Crippen molar-refractivity contribution in [3.63, 3.8) is 0 Å². The van der Waals surface area contributed by atoms with E-state index in [4.69, 9.17) is 17.3 Å². The topological polar surface area (TPSA) is 69.8 Å². The molecule has 1 fully saturated rings. The SMILES string of the molecule is NC(=O)CN1CCN(CC(O)c2cccc(Cl)c2)CC1. The van der Waals surface area contributed by atoms with Gasteiger partial charge < -0.3 is 10.8 Å². The minimum absolute atomic E-state index is 0.294. The smallest absolute Gasteiger partial charge is 0.231 e. The van der Waals surface area contributed by atoms with Crippen molar-refractivity contribution in [3.8, 4) is 0 Å². The van der Waals surface area contributed by atoms with Crippen molar-refractivity contribution in [2.75, 3.05) is 39.3 Å². The molecule has 0 radical (unpaired) electrons. The molecule has 20 heavy (non-hydrogen) atoms. The van der Waals surface area contributed by atoms with Crippen LogP contribution >= 0.6 is 11.6 Å². The Morgan fingerprint density at radius 3 is 2.55 bits per heavy atom. The van der Waals surface area contributed by atoms with Crippen LogP contribution in [-0.2, 0) is 4.79 Å². The lowest BCUT2D eigenvalue weighted by molar-refractivity contribution is -0.119. The number of hydrogen-bond donors (Lipinski definition) is 2. The average molecular weight is 298 g/mol. The zero-order valence-electron chi connectivity index (χ0n) is 11.3. The van der Waals surface area contributed by atoms with E-state index in [1.54, 1.807) is 12.1 Å². The molecular formula is C14H20ClN3O2. The van der Waals surface area contributed by atoms with Gasteiger partial charge in [0.1, 0.15) is 0 Å². The number of hydrogen-bond acceptors (Lipinski definition) is 4. The van der Waals surface area contributed by atoms with Crippen LogP contribution in [0.1, 0.15) is 11.7 Å². The first-order chi connectivity index (χ1) is 9.54. The summed E-state index contributed by atoms with van der Waals surface area (Å²) in [7, 11) is 0. The maximum absolute atomic E-state index is 10.9. The Labute approximate surface area is 123 Å². The van der Waals surface area contributed by atoms with Gasteiger partial charge in [-0.05, 0) is 17.7 Å². The summed E-state index contributed by atoms with van der Waals surface area (Å²) >= 11 is 5.92. The third-order valence-corrected chi connectivity index (χ3v) is 3.74. The quantitative estimate of drug-likeness (QED) is 0.829. The maximum Gasteiger partial charge on any atom is 0.231 e. The Morgan fingerprint density at radius 1 is 1.30 bits per heavy atom. The minimum atomic E-state index is -0.545. The fourth-order valence-corrected chi connectivity index (χ4v) is 2.61. The molecular weight excluding hydrogens is 278 g/mol. The summed E-state index contributed by atoms with van der Waals surface area (Å²) < 4.78 is 0. The number of amides is 1. The number of nitrogens with zero attached hydrogens (tertiary/aromatic N) is 2. The van der Waals surface area contributed by atoms with Gasteiger partial charge in [-0.1, -0.05) is 23.7 Å². The molecule has 0 aliphatic carbocycles. The number of carbonyl (C=O) groups is 1. The Balaban J connectivity index is 1.82. The standard InChI is InChI=1S/C14H20ClN3O2/c15-12-3-1-2-11(8-12)13(19)9-17-4-6-18(7-5-17)10-14(16)20/h1-3,8,13,19H,4-7,9-10H2,(H2,16,20). The molecule has 1 aromatic rings. The number of piperazine rings is 1. The van der Waals surface area contributed by atoms with Gasteiger partial charge in [-0.15, -0.1) is 0 Å². The molecule has 110 valence electrons. The molecule has 1 heterocycles. The van der Waals surface area contributed by atoms with E-state index < -0.39 is 6.10 Å². The van der Waals surface area contributed by atoms with Gasteiger partial charge in [0.25, 0.3) is 0 Å². The lowest BCUT2D eigenvalue weighted by Gasteiger charge is -2.35. The molecule has 0 bridgehead atoms. The Morgan fingerprint density at radius 2 is 1.95 bits per heavy atom. The Bertz CT molecular complexity index is 461. The first-order valence-corrected chi connectivity index (χ1v) is 7.09. The summed E-state index contributed by atoms with van der Waals surface area (Å²) in [5, 5.41) is 10.9. The Hall–Kier alpha value is -1.14. The van der Waals surface area contributed by atoms with Crippen molar-refractivity contribution >= 4 is 17.5 Å². The number of aliphatic hydroxyl groups is 1. The largest absolute Gasteiger partial charge is 0.387 e. The van der Waals surface area contributed by atoms with Crippen LogP contribution in [0.4, 0.5) is 0 Å². The van der Waals surface area contributed by atoms with Crippen LogP contribution in [0.3, 0.4) is 0 Å². The highest BCUT2D eigenvalue weighted by Crippen LogP contribution is 2.19. The van der Waals surface area contributed by atoms with Gasteiger partial charge in [0.05, 0.1) is 12.6 Å². The first kappa shape index (κ1) is 15.3. The number of rotatable bonds is 5. The summed E-state index contributed by atoms with van der Waals surface area (Å²) in [5.41, 5.74) is 6.01. The van der Waals surface area contributed by atoms with Gasteiger partial charge in [0.15, 0.2) is 0 Å². The predicted octanol–water partition coefficient (Wildman–Crippen LogP) is 0.476. The van der Waals surface area contributed by atoms with E-state index in [1.807, 2.05) is 17.0 Å². The van der Waals surface area contributed by atoms with Crippen LogP contribution in [0.2, 0.25) is 5.02 Å². The lowest BCUT2D eigenvalue weighted by atomic mass is 10.1. The summed E-state index contributed by atoms with van der Waals surface area (Å²) in [6.45, 7) is 4.13. The monoisotopic (exact) mass is 297 g/mol. The van der Waals surface area contributed by atoms with Crippen LogP contribution in [0.25, 0.3) is 0 Å². The lowest BCUT2D eigenvalue weighted by Crippen LogP contribution is -2.49. The normalized spacial score (nSPS) is 18.9. The van der Waals surface area contributed by atoms with Crippen molar-refractivity contribution in [1.82, 2.24) is 9.80 Å².